The van der Waals surface area contributed by atoms with Gasteiger partial charge in [-0.2, -0.15) is 15.3 Å². The first-order chi connectivity index (χ1) is 20.3. The summed E-state index contributed by atoms with van der Waals surface area (Å²) < 4.78 is 16.3. The molecule has 3 aromatic heterocycles. The number of aromatic amines is 1. The van der Waals surface area contributed by atoms with Crippen molar-refractivity contribution in [2.75, 3.05) is 11.9 Å². The van der Waals surface area contributed by atoms with Gasteiger partial charge in [0.15, 0.2) is 5.82 Å². The molecule has 1 aliphatic rings. The molecule has 0 unspecified atom stereocenters. The highest BCUT2D eigenvalue weighted by atomic mass is 19.1. The first-order valence-electron chi connectivity index (χ1n) is 13.3. The fourth-order valence-corrected chi connectivity index (χ4v) is 5.49. The van der Waals surface area contributed by atoms with E-state index in [0.717, 1.165) is 27.9 Å². The van der Waals surface area contributed by atoms with Crippen LogP contribution in [0.4, 0.5) is 10.2 Å². The SMILES string of the molecule is Cc1[nH]nc(NC(=O)[C@@H]2C[C@@H](F)CN2C(=O)Cn2cc(C(N)=O)c3cc(-c4ccnnc4)ccc32)c1-c1ccccc1. The fraction of sp³-hybridized carbons (Fsp3) is 0.200. The zero-order chi connectivity index (χ0) is 29.4. The third-order valence-electron chi connectivity index (χ3n) is 7.49. The summed E-state index contributed by atoms with van der Waals surface area (Å²) in [6.07, 6.45) is 3.18. The Morgan fingerprint density at radius 2 is 1.88 bits per heavy atom. The minimum atomic E-state index is -1.36. The number of benzene rings is 2. The summed E-state index contributed by atoms with van der Waals surface area (Å²) in [5, 5.41) is 18.2. The first kappa shape index (κ1) is 26.8. The normalized spacial score (nSPS) is 16.6. The smallest absolute Gasteiger partial charge is 0.250 e. The molecule has 3 amide bonds. The minimum absolute atomic E-state index is 0.135. The third kappa shape index (κ3) is 4.98. The molecule has 2 aromatic carbocycles. The van der Waals surface area contributed by atoms with Crippen LogP contribution >= 0.6 is 0 Å². The molecule has 2 atom stereocenters. The molecule has 4 heterocycles. The summed E-state index contributed by atoms with van der Waals surface area (Å²) in [5.41, 5.74) is 10.4. The number of carbonyl (C=O) groups excluding carboxylic acids is 3. The van der Waals surface area contributed by atoms with Crippen molar-refractivity contribution in [2.24, 2.45) is 5.73 Å². The van der Waals surface area contributed by atoms with E-state index in [9.17, 15) is 18.8 Å². The molecule has 11 nitrogen and oxygen atoms in total. The molecule has 212 valence electrons. The number of aryl methyl sites for hydroxylation is 1. The summed E-state index contributed by atoms with van der Waals surface area (Å²) in [6.45, 7) is 1.41. The number of anilines is 1. The lowest BCUT2D eigenvalue weighted by Crippen LogP contribution is -2.44. The summed E-state index contributed by atoms with van der Waals surface area (Å²) in [6, 6.07) is 15.6. The van der Waals surface area contributed by atoms with Gasteiger partial charge in [-0.15, -0.1) is 0 Å². The second-order valence-electron chi connectivity index (χ2n) is 10.2. The molecule has 0 radical (unpaired) electrons. The van der Waals surface area contributed by atoms with Crippen LogP contribution in [-0.2, 0) is 16.1 Å². The van der Waals surface area contributed by atoms with Crippen LogP contribution in [0.2, 0.25) is 0 Å². The predicted octanol–water partition coefficient (Wildman–Crippen LogP) is 3.47. The number of H-pyrrole nitrogens is 1. The molecule has 5 aromatic rings. The average Bonchev–Trinajstić information content (AvgIpc) is 3.68. The van der Waals surface area contributed by atoms with Gasteiger partial charge >= 0.3 is 0 Å². The van der Waals surface area contributed by atoms with Crippen LogP contribution in [0.25, 0.3) is 33.2 Å². The maximum Gasteiger partial charge on any atom is 0.250 e. The van der Waals surface area contributed by atoms with E-state index in [1.54, 1.807) is 35.2 Å². The van der Waals surface area contributed by atoms with Crippen LogP contribution in [-0.4, -0.2) is 66.3 Å². The van der Waals surface area contributed by atoms with Gasteiger partial charge < -0.3 is 20.5 Å². The van der Waals surface area contributed by atoms with E-state index in [-0.39, 0.29) is 25.1 Å². The molecule has 0 bridgehead atoms. The number of nitrogens with zero attached hydrogens (tertiary/aromatic N) is 5. The molecule has 42 heavy (non-hydrogen) atoms. The Bertz CT molecular complexity index is 1800. The van der Waals surface area contributed by atoms with E-state index >= 15 is 0 Å². The maximum atomic E-state index is 14.7. The Morgan fingerprint density at radius 3 is 2.62 bits per heavy atom. The van der Waals surface area contributed by atoms with Crippen LogP contribution in [0.5, 0.6) is 0 Å². The van der Waals surface area contributed by atoms with E-state index in [0.29, 0.717) is 16.7 Å². The molecule has 0 aliphatic carbocycles. The lowest BCUT2D eigenvalue weighted by atomic mass is 10.0. The number of carbonyl (C=O) groups is 3. The maximum absolute atomic E-state index is 14.7. The molecular formula is C30H27FN8O3. The molecule has 0 spiro atoms. The summed E-state index contributed by atoms with van der Waals surface area (Å²) in [4.78, 5) is 40.5. The van der Waals surface area contributed by atoms with Gasteiger partial charge in [-0.1, -0.05) is 36.4 Å². The summed E-state index contributed by atoms with van der Waals surface area (Å²) in [7, 11) is 0. The van der Waals surface area contributed by atoms with Crippen LogP contribution in [0.1, 0.15) is 22.5 Å². The van der Waals surface area contributed by atoms with Gasteiger partial charge in [0.2, 0.25) is 11.8 Å². The van der Waals surface area contributed by atoms with Gasteiger partial charge in [-0.3, -0.25) is 19.5 Å². The standard InChI is InChI=1S/C30H27FN8O3/c1-17-27(18-5-3-2-4-6-18)29(37-36-17)35-30(42)25-12-21(31)14-39(25)26(40)16-38-15-23(28(32)41)22-11-19(7-8-24(22)38)20-9-10-33-34-13-20/h2-11,13,15,21,25H,12,14,16H2,1H3,(H2,32,41)(H2,35,36,37,42)/t21-,25+/m1/s1. The number of rotatable bonds is 7. The van der Waals surface area contributed by atoms with E-state index in [4.69, 9.17) is 5.73 Å². The van der Waals surface area contributed by atoms with Crippen molar-refractivity contribution in [2.45, 2.75) is 32.1 Å². The van der Waals surface area contributed by atoms with Crippen molar-refractivity contribution < 1.29 is 18.8 Å². The Kier molecular flexibility index (Phi) is 6.95. The number of nitrogens with two attached hydrogens (primary N) is 1. The predicted molar refractivity (Wildman–Crippen MR) is 154 cm³/mol. The van der Waals surface area contributed by atoms with Crippen molar-refractivity contribution in [3.63, 3.8) is 0 Å². The Labute approximate surface area is 239 Å². The summed E-state index contributed by atoms with van der Waals surface area (Å²) >= 11 is 0. The number of nitrogens with one attached hydrogen (secondary N) is 2. The molecule has 6 rings (SSSR count). The number of hydrogen-bond acceptors (Lipinski definition) is 6. The molecule has 1 aliphatic heterocycles. The Hall–Kier alpha value is -5.39. The van der Waals surface area contributed by atoms with Crippen molar-refractivity contribution in [3.05, 3.63) is 84.4 Å². The molecule has 4 N–H and O–H groups in total. The summed E-state index contributed by atoms with van der Waals surface area (Å²) in [5.74, 6) is -1.34. The zero-order valence-electron chi connectivity index (χ0n) is 22.6. The topological polar surface area (TPSA) is 152 Å². The van der Waals surface area contributed by atoms with Crippen molar-refractivity contribution in [1.82, 2.24) is 29.9 Å². The quantitative estimate of drug-likeness (QED) is 0.274. The van der Waals surface area contributed by atoms with Crippen molar-refractivity contribution in [3.8, 4) is 22.3 Å². The van der Waals surface area contributed by atoms with Crippen LogP contribution < -0.4 is 11.1 Å². The van der Waals surface area contributed by atoms with Gasteiger partial charge in [-0.05, 0) is 36.2 Å². The highest BCUT2D eigenvalue weighted by Gasteiger charge is 2.40. The second-order valence-corrected chi connectivity index (χ2v) is 10.2. The molecule has 1 fully saturated rings. The van der Waals surface area contributed by atoms with E-state index in [1.165, 1.54) is 11.1 Å². The monoisotopic (exact) mass is 566 g/mol. The van der Waals surface area contributed by atoms with Gasteiger partial charge in [0, 0.05) is 40.3 Å². The van der Waals surface area contributed by atoms with Crippen molar-refractivity contribution in [1.29, 1.82) is 0 Å². The molecule has 12 heteroatoms. The lowest BCUT2D eigenvalue weighted by Gasteiger charge is -2.24. The van der Waals surface area contributed by atoms with Crippen LogP contribution in [0.3, 0.4) is 0 Å². The highest BCUT2D eigenvalue weighted by molar-refractivity contribution is 6.07. The highest BCUT2D eigenvalue weighted by Crippen LogP contribution is 2.31. The number of amides is 3. The van der Waals surface area contributed by atoms with Crippen LogP contribution in [0, 0.1) is 6.92 Å². The third-order valence-corrected chi connectivity index (χ3v) is 7.49. The molecule has 0 saturated carbocycles. The molecular weight excluding hydrogens is 539 g/mol. The number of alkyl halides is 1. The van der Waals surface area contributed by atoms with Gasteiger partial charge in [0.05, 0.1) is 24.5 Å². The zero-order valence-corrected chi connectivity index (χ0v) is 22.6. The largest absolute Gasteiger partial charge is 0.366 e. The second kappa shape index (κ2) is 10.9. The number of primary amides is 1. The number of halogens is 1. The minimum Gasteiger partial charge on any atom is -0.366 e. The Balaban J connectivity index is 1.25. The first-order valence-corrected chi connectivity index (χ1v) is 13.3. The van der Waals surface area contributed by atoms with E-state index < -0.39 is 29.9 Å². The van der Waals surface area contributed by atoms with Crippen molar-refractivity contribution >= 4 is 34.4 Å². The average molecular weight is 567 g/mol. The number of aromatic nitrogens is 5. The molecule has 1 saturated heterocycles. The number of likely N-dealkylation sites (tertiary alicyclic amines) is 1. The fourth-order valence-electron chi connectivity index (χ4n) is 5.49. The number of fused-ring (bicyclic) bond motifs is 1. The Morgan fingerprint density at radius 1 is 1.07 bits per heavy atom. The van der Waals surface area contributed by atoms with Gasteiger partial charge in [0.25, 0.3) is 5.91 Å². The van der Waals surface area contributed by atoms with Crippen LogP contribution in [0.15, 0.2) is 73.2 Å². The van der Waals surface area contributed by atoms with E-state index in [2.05, 4.69) is 25.7 Å². The lowest BCUT2D eigenvalue weighted by molar-refractivity contribution is -0.137. The van der Waals surface area contributed by atoms with Gasteiger partial charge in [-0.25, -0.2) is 4.39 Å². The van der Waals surface area contributed by atoms with Gasteiger partial charge in [0.1, 0.15) is 18.8 Å². The number of hydrogen-bond donors (Lipinski definition) is 3. The van der Waals surface area contributed by atoms with E-state index in [1.807, 2.05) is 43.3 Å².